The minimum Gasteiger partial charge on any atom is -0.375 e. The molecule has 1 fully saturated rings. The number of benzene rings is 2. The van der Waals surface area contributed by atoms with Gasteiger partial charge in [-0.25, -0.2) is 17.2 Å². The average Bonchev–Trinajstić information content (AvgIpc) is 2.73. The average molecular weight is 425 g/mol. The smallest absolute Gasteiger partial charge is 0.293 e. The van der Waals surface area contributed by atoms with Crippen molar-refractivity contribution in [3.05, 3.63) is 63.7 Å². The van der Waals surface area contributed by atoms with Crippen molar-refractivity contribution in [3.8, 4) is 0 Å². The molecule has 0 aliphatic carbocycles. The van der Waals surface area contributed by atoms with E-state index in [1.54, 1.807) is 0 Å². The lowest BCUT2D eigenvalue weighted by atomic mass is 10.1. The first-order valence-corrected chi connectivity index (χ1v) is 10.6. The maximum absolute atomic E-state index is 12.8. The predicted molar refractivity (Wildman–Crippen MR) is 104 cm³/mol. The summed E-state index contributed by atoms with van der Waals surface area (Å²) >= 11 is 0. The van der Waals surface area contributed by atoms with Crippen LogP contribution >= 0.6 is 0 Å². The topological polar surface area (TPSA) is 92.5 Å². The van der Waals surface area contributed by atoms with E-state index in [0.717, 1.165) is 25.3 Å². The number of anilines is 1. The van der Waals surface area contributed by atoms with Gasteiger partial charge in [0.2, 0.25) is 10.0 Å². The molecular formula is C19H21F2N3O4S. The van der Waals surface area contributed by atoms with Crippen molar-refractivity contribution in [1.29, 1.82) is 0 Å². The van der Waals surface area contributed by atoms with Crippen LogP contribution in [0, 0.1) is 10.1 Å². The van der Waals surface area contributed by atoms with Crippen molar-refractivity contribution in [2.45, 2.75) is 37.1 Å². The maximum Gasteiger partial charge on any atom is 0.293 e. The zero-order valence-electron chi connectivity index (χ0n) is 15.6. The highest BCUT2D eigenvalue weighted by atomic mass is 32.2. The summed E-state index contributed by atoms with van der Waals surface area (Å²) in [7, 11) is -3.78. The van der Waals surface area contributed by atoms with Gasteiger partial charge in [-0.3, -0.25) is 10.1 Å². The van der Waals surface area contributed by atoms with Crippen LogP contribution in [0.25, 0.3) is 0 Å². The standard InChI is InChI=1S/C19H21F2N3O4S/c20-19(21)15-6-4-14(5-7-15)13-22-17-9-8-16(12-18(17)24(25)26)29(27,28)23-10-2-1-3-11-23/h4-9,12,19,22H,1-3,10-11,13H2. The minimum absolute atomic E-state index is 0.105. The molecule has 1 saturated heterocycles. The summed E-state index contributed by atoms with van der Waals surface area (Å²) < 4.78 is 52.1. The van der Waals surface area contributed by atoms with E-state index >= 15 is 0 Å². The van der Waals surface area contributed by atoms with Crippen molar-refractivity contribution < 1.29 is 22.1 Å². The van der Waals surface area contributed by atoms with E-state index in [0.29, 0.717) is 18.7 Å². The van der Waals surface area contributed by atoms with Crippen LogP contribution in [0.3, 0.4) is 0 Å². The Labute approximate surface area is 167 Å². The number of nitrogens with zero attached hydrogens (tertiary/aromatic N) is 2. The van der Waals surface area contributed by atoms with Crippen molar-refractivity contribution in [1.82, 2.24) is 4.31 Å². The Morgan fingerprint density at radius 1 is 1.07 bits per heavy atom. The van der Waals surface area contributed by atoms with Gasteiger partial charge in [-0.1, -0.05) is 30.7 Å². The molecule has 1 heterocycles. The van der Waals surface area contributed by atoms with Crippen LogP contribution in [-0.4, -0.2) is 30.7 Å². The molecule has 2 aromatic carbocycles. The molecule has 0 spiro atoms. The molecule has 1 aliphatic heterocycles. The van der Waals surface area contributed by atoms with Crippen LogP contribution < -0.4 is 5.32 Å². The van der Waals surface area contributed by atoms with Gasteiger partial charge in [0, 0.05) is 31.3 Å². The number of halogens is 2. The number of alkyl halides is 2. The van der Waals surface area contributed by atoms with Crippen molar-refractivity contribution in [3.63, 3.8) is 0 Å². The van der Waals surface area contributed by atoms with Gasteiger partial charge in [0.1, 0.15) is 5.69 Å². The molecule has 7 nitrogen and oxygen atoms in total. The number of nitro groups is 1. The lowest BCUT2D eigenvalue weighted by Gasteiger charge is -2.25. The summed E-state index contributed by atoms with van der Waals surface area (Å²) in [5.74, 6) is 0. The monoisotopic (exact) mass is 425 g/mol. The third kappa shape index (κ3) is 4.88. The van der Waals surface area contributed by atoms with E-state index in [1.807, 2.05) is 0 Å². The molecule has 10 heteroatoms. The largest absolute Gasteiger partial charge is 0.375 e. The van der Waals surface area contributed by atoms with Crippen molar-refractivity contribution in [2.24, 2.45) is 0 Å². The fourth-order valence-corrected chi connectivity index (χ4v) is 4.74. The summed E-state index contributed by atoms with van der Waals surface area (Å²) in [5, 5.41) is 14.4. The molecule has 3 rings (SSSR count). The molecule has 156 valence electrons. The van der Waals surface area contributed by atoms with E-state index in [2.05, 4.69) is 5.32 Å². The number of nitro benzene ring substituents is 1. The number of nitrogens with one attached hydrogen (secondary N) is 1. The number of rotatable bonds is 7. The van der Waals surface area contributed by atoms with Gasteiger partial charge >= 0.3 is 0 Å². The van der Waals surface area contributed by atoms with Crippen molar-refractivity contribution in [2.75, 3.05) is 18.4 Å². The molecule has 0 unspecified atom stereocenters. The number of hydrogen-bond donors (Lipinski definition) is 1. The molecule has 29 heavy (non-hydrogen) atoms. The minimum atomic E-state index is -3.78. The van der Waals surface area contributed by atoms with Gasteiger partial charge in [-0.2, -0.15) is 4.31 Å². The van der Waals surface area contributed by atoms with E-state index in [9.17, 15) is 27.3 Å². The van der Waals surface area contributed by atoms with Crippen LogP contribution in [0.1, 0.15) is 36.8 Å². The Balaban J connectivity index is 1.80. The summed E-state index contributed by atoms with van der Waals surface area (Å²) in [4.78, 5) is 10.7. The van der Waals surface area contributed by atoms with Gasteiger partial charge in [0.05, 0.1) is 9.82 Å². The van der Waals surface area contributed by atoms with Gasteiger partial charge in [-0.05, 0) is 30.5 Å². The Bertz CT molecular complexity index is 975. The molecule has 0 atom stereocenters. The Hall–Kier alpha value is -2.59. The third-order valence-corrected chi connectivity index (χ3v) is 6.73. The number of hydrogen-bond acceptors (Lipinski definition) is 5. The lowest BCUT2D eigenvalue weighted by Crippen LogP contribution is -2.35. The van der Waals surface area contributed by atoms with Crippen LogP contribution in [0.4, 0.5) is 20.2 Å². The third-order valence-electron chi connectivity index (χ3n) is 4.83. The Kier molecular flexibility index (Phi) is 6.43. The van der Waals surface area contributed by atoms with Crippen LogP contribution in [0.5, 0.6) is 0 Å². The quantitative estimate of drug-likeness (QED) is 0.527. The second kappa shape index (κ2) is 8.83. The van der Waals surface area contributed by atoms with Gasteiger partial charge in [0.15, 0.2) is 0 Å². The highest BCUT2D eigenvalue weighted by Crippen LogP contribution is 2.30. The first kappa shape index (κ1) is 21.1. The molecule has 0 radical (unpaired) electrons. The predicted octanol–water partition coefficient (Wildman–Crippen LogP) is 4.32. The van der Waals surface area contributed by atoms with Crippen LogP contribution in [0.2, 0.25) is 0 Å². The first-order valence-electron chi connectivity index (χ1n) is 9.18. The SMILES string of the molecule is O=[N+]([O-])c1cc(S(=O)(=O)N2CCCCC2)ccc1NCc1ccc(C(F)F)cc1. The van der Waals surface area contributed by atoms with E-state index in [4.69, 9.17) is 0 Å². The number of sulfonamides is 1. The van der Waals surface area contributed by atoms with Gasteiger partial charge < -0.3 is 5.32 Å². The summed E-state index contributed by atoms with van der Waals surface area (Å²) in [5.41, 5.74) is 0.360. The van der Waals surface area contributed by atoms with Crippen LogP contribution in [0.15, 0.2) is 47.4 Å². The van der Waals surface area contributed by atoms with E-state index in [1.165, 1.54) is 40.7 Å². The molecular weight excluding hydrogens is 404 g/mol. The zero-order chi connectivity index (χ0) is 21.0. The first-order chi connectivity index (χ1) is 13.8. The fourth-order valence-electron chi connectivity index (χ4n) is 3.21. The number of piperidine rings is 1. The molecule has 1 N–H and O–H groups in total. The molecule has 2 aromatic rings. The molecule has 1 aliphatic rings. The van der Waals surface area contributed by atoms with E-state index in [-0.39, 0.29) is 28.4 Å². The van der Waals surface area contributed by atoms with Crippen LogP contribution in [-0.2, 0) is 16.6 Å². The molecule has 0 amide bonds. The zero-order valence-corrected chi connectivity index (χ0v) is 16.4. The second-order valence-electron chi connectivity index (χ2n) is 6.80. The summed E-state index contributed by atoms with van der Waals surface area (Å²) in [6.45, 7) is 0.984. The summed E-state index contributed by atoms with van der Waals surface area (Å²) in [6.07, 6.45) is -0.0586. The highest BCUT2D eigenvalue weighted by molar-refractivity contribution is 7.89. The molecule has 0 bridgehead atoms. The normalized spacial score (nSPS) is 15.4. The fraction of sp³-hybridized carbons (Fsp3) is 0.368. The van der Waals surface area contributed by atoms with Gasteiger partial charge in [0.25, 0.3) is 12.1 Å². The second-order valence-corrected chi connectivity index (χ2v) is 8.73. The summed E-state index contributed by atoms with van der Waals surface area (Å²) in [6, 6.07) is 9.38. The molecule has 0 saturated carbocycles. The van der Waals surface area contributed by atoms with Gasteiger partial charge in [-0.15, -0.1) is 0 Å². The Morgan fingerprint density at radius 2 is 1.72 bits per heavy atom. The molecule has 0 aromatic heterocycles. The highest BCUT2D eigenvalue weighted by Gasteiger charge is 2.28. The maximum atomic E-state index is 12.8. The van der Waals surface area contributed by atoms with Crippen molar-refractivity contribution >= 4 is 21.4 Å². The lowest BCUT2D eigenvalue weighted by molar-refractivity contribution is -0.384. The van der Waals surface area contributed by atoms with E-state index < -0.39 is 21.4 Å². The Morgan fingerprint density at radius 3 is 2.31 bits per heavy atom.